The molecule has 1 aromatic carbocycles. The van der Waals surface area contributed by atoms with Crippen molar-refractivity contribution in [1.82, 2.24) is 15.5 Å². The Morgan fingerprint density at radius 2 is 1.97 bits per heavy atom. The summed E-state index contributed by atoms with van der Waals surface area (Å²) >= 11 is 0. The van der Waals surface area contributed by atoms with Crippen LogP contribution < -0.4 is 10.6 Å². The third-order valence-corrected chi connectivity index (χ3v) is 5.72. The van der Waals surface area contributed by atoms with Crippen molar-refractivity contribution in [3.8, 4) is 0 Å². The minimum atomic E-state index is 0. The Hall–Kier alpha value is -0.940. The number of guanidine groups is 1. The van der Waals surface area contributed by atoms with E-state index in [0.29, 0.717) is 13.2 Å². The second-order valence-corrected chi connectivity index (χ2v) is 8.03. The Kier molecular flexibility index (Phi) is 11.4. The Morgan fingerprint density at radius 3 is 2.67 bits per heavy atom. The summed E-state index contributed by atoms with van der Waals surface area (Å²) in [5.74, 6) is 0.815. The standard InChI is InChI=1S/C22H36N4O3.HI/c1-2-23-21(25-17-22(6-10-27)7-11-29-18-22)24-15-19-4-3-5-20(14-19)16-26-8-12-28-13-9-26;/h3-5,14,27H,2,6-13,15-18H2,1H3,(H2,23,24,25);1H. The molecule has 0 amide bonds. The van der Waals surface area contributed by atoms with Crippen molar-refractivity contribution < 1.29 is 14.6 Å². The quantitative estimate of drug-likeness (QED) is 0.257. The minimum Gasteiger partial charge on any atom is -0.396 e. The summed E-state index contributed by atoms with van der Waals surface area (Å²) in [5, 5.41) is 16.2. The number of hydrogen-bond acceptors (Lipinski definition) is 5. The van der Waals surface area contributed by atoms with Crippen molar-refractivity contribution >= 4 is 29.9 Å². The van der Waals surface area contributed by atoms with Crippen LogP contribution in [-0.4, -0.2) is 75.2 Å². The smallest absolute Gasteiger partial charge is 0.191 e. The third-order valence-electron chi connectivity index (χ3n) is 5.72. The molecule has 2 heterocycles. The normalized spacial score (nSPS) is 22.5. The van der Waals surface area contributed by atoms with Crippen LogP contribution in [0.3, 0.4) is 0 Å². The molecule has 2 fully saturated rings. The van der Waals surface area contributed by atoms with Crippen molar-refractivity contribution in [3.63, 3.8) is 0 Å². The summed E-state index contributed by atoms with van der Waals surface area (Å²) in [7, 11) is 0. The number of nitrogens with one attached hydrogen (secondary N) is 2. The van der Waals surface area contributed by atoms with E-state index in [4.69, 9.17) is 14.5 Å². The fraction of sp³-hybridized carbons (Fsp3) is 0.682. The molecule has 3 rings (SSSR count). The van der Waals surface area contributed by atoms with Crippen LogP contribution in [-0.2, 0) is 22.6 Å². The van der Waals surface area contributed by atoms with Gasteiger partial charge in [0.1, 0.15) is 0 Å². The van der Waals surface area contributed by atoms with Crippen molar-refractivity contribution in [2.75, 3.05) is 59.2 Å². The number of aliphatic hydroxyl groups is 1. The number of aliphatic hydroxyl groups excluding tert-OH is 1. The number of rotatable bonds is 9. The van der Waals surface area contributed by atoms with Gasteiger partial charge >= 0.3 is 0 Å². The molecule has 0 radical (unpaired) electrons. The number of nitrogens with zero attached hydrogens (tertiary/aromatic N) is 2. The lowest BCUT2D eigenvalue weighted by Crippen LogP contribution is -2.44. The first-order chi connectivity index (χ1) is 14.2. The molecule has 1 aromatic rings. The summed E-state index contributed by atoms with van der Waals surface area (Å²) in [6.07, 6.45) is 1.73. The molecule has 1 unspecified atom stereocenters. The SMILES string of the molecule is CCNC(=NCc1cccc(CN2CCOCC2)c1)NCC1(CCO)CCOC1.I. The zero-order chi connectivity index (χ0) is 20.4. The highest BCUT2D eigenvalue weighted by molar-refractivity contribution is 14.0. The first-order valence-corrected chi connectivity index (χ1v) is 10.8. The molecule has 1 atom stereocenters. The summed E-state index contributed by atoms with van der Waals surface area (Å²) < 4.78 is 11.0. The number of halogens is 1. The molecule has 0 aliphatic carbocycles. The number of aliphatic imine (C=N–C) groups is 1. The van der Waals surface area contributed by atoms with Gasteiger partial charge in [-0.2, -0.15) is 0 Å². The Morgan fingerprint density at radius 1 is 1.17 bits per heavy atom. The molecule has 8 heteroatoms. The molecule has 30 heavy (non-hydrogen) atoms. The maximum Gasteiger partial charge on any atom is 0.191 e. The van der Waals surface area contributed by atoms with Gasteiger partial charge < -0.3 is 25.2 Å². The molecular formula is C22H37IN4O3. The zero-order valence-corrected chi connectivity index (χ0v) is 20.4. The average Bonchev–Trinajstić information content (AvgIpc) is 3.20. The van der Waals surface area contributed by atoms with Gasteiger partial charge in [-0.15, -0.1) is 24.0 Å². The molecule has 2 saturated heterocycles. The van der Waals surface area contributed by atoms with E-state index in [-0.39, 0.29) is 36.0 Å². The Labute approximate surface area is 197 Å². The lowest BCUT2D eigenvalue weighted by Gasteiger charge is -2.27. The van der Waals surface area contributed by atoms with Crippen LogP contribution in [0.25, 0.3) is 0 Å². The van der Waals surface area contributed by atoms with E-state index in [9.17, 15) is 5.11 Å². The molecule has 0 aromatic heterocycles. The molecule has 7 nitrogen and oxygen atoms in total. The molecule has 3 N–H and O–H groups in total. The molecular weight excluding hydrogens is 495 g/mol. The first-order valence-electron chi connectivity index (χ1n) is 10.8. The average molecular weight is 532 g/mol. The van der Waals surface area contributed by atoms with E-state index in [1.54, 1.807) is 0 Å². The monoisotopic (exact) mass is 532 g/mol. The summed E-state index contributed by atoms with van der Waals surface area (Å²) in [5.41, 5.74) is 2.54. The van der Waals surface area contributed by atoms with Crippen LogP contribution in [0.15, 0.2) is 29.3 Å². The van der Waals surface area contributed by atoms with Gasteiger partial charge in [0, 0.05) is 51.4 Å². The van der Waals surface area contributed by atoms with E-state index in [0.717, 1.165) is 71.3 Å². The largest absolute Gasteiger partial charge is 0.396 e. The molecule has 0 saturated carbocycles. The van der Waals surface area contributed by atoms with E-state index in [1.165, 1.54) is 11.1 Å². The van der Waals surface area contributed by atoms with E-state index < -0.39 is 0 Å². The van der Waals surface area contributed by atoms with E-state index in [1.807, 2.05) is 0 Å². The maximum absolute atomic E-state index is 9.42. The fourth-order valence-corrected chi connectivity index (χ4v) is 3.94. The highest BCUT2D eigenvalue weighted by atomic mass is 127. The van der Waals surface area contributed by atoms with Crippen LogP contribution >= 0.6 is 24.0 Å². The fourth-order valence-electron chi connectivity index (χ4n) is 3.94. The topological polar surface area (TPSA) is 78.4 Å². The van der Waals surface area contributed by atoms with Crippen molar-refractivity contribution in [3.05, 3.63) is 35.4 Å². The summed E-state index contributed by atoms with van der Waals surface area (Å²) in [6.45, 7) is 10.5. The van der Waals surface area contributed by atoms with Gasteiger partial charge in [-0.25, -0.2) is 4.99 Å². The number of benzene rings is 1. The van der Waals surface area contributed by atoms with Crippen LogP contribution in [0.5, 0.6) is 0 Å². The number of morpholine rings is 1. The van der Waals surface area contributed by atoms with Gasteiger partial charge in [0.2, 0.25) is 0 Å². The minimum absolute atomic E-state index is 0. The van der Waals surface area contributed by atoms with Gasteiger partial charge in [-0.05, 0) is 30.9 Å². The van der Waals surface area contributed by atoms with Crippen LogP contribution in [0, 0.1) is 5.41 Å². The van der Waals surface area contributed by atoms with Crippen molar-refractivity contribution in [2.45, 2.75) is 32.9 Å². The predicted octanol–water partition coefficient (Wildman–Crippen LogP) is 1.98. The summed E-state index contributed by atoms with van der Waals surface area (Å²) in [6, 6.07) is 8.69. The van der Waals surface area contributed by atoms with E-state index >= 15 is 0 Å². The molecule has 170 valence electrons. The number of ether oxygens (including phenoxy) is 2. The summed E-state index contributed by atoms with van der Waals surface area (Å²) in [4.78, 5) is 7.21. The first kappa shape index (κ1) is 25.3. The van der Waals surface area contributed by atoms with E-state index in [2.05, 4.69) is 46.7 Å². The highest BCUT2D eigenvalue weighted by Crippen LogP contribution is 2.31. The molecule has 0 spiro atoms. The van der Waals surface area contributed by atoms with Gasteiger partial charge in [-0.3, -0.25) is 4.90 Å². The van der Waals surface area contributed by atoms with Gasteiger partial charge in [-0.1, -0.05) is 24.3 Å². The molecule has 2 aliphatic rings. The lowest BCUT2D eigenvalue weighted by atomic mass is 9.84. The van der Waals surface area contributed by atoms with Crippen LogP contribution in [0.2, 0.25) is 0 Å². The second-order valence-electron chi connectivity index (χ2n) is 8.03. The van der Waals surface area contributed by atoms with Crippen LogP contribution in [0.4, 0.5) is 0 Å². The Balaban J connectivity index is 0.00000320. The Bertz CT molecular complexity index is 647. The second kappa shape index (κ2) is 13.5. The predicted molar refractivity (Wildman–Crippen MR) is 130 cm³/mol. The highest BCUT2D eigenvalue weighted by Gasteiger charge is 2.34. The van der Waals surface area contributed by atoms with Gasteiger partial charge in [0.05, 0.1) is 26.4 Å². The molecule has 0 bridgehead atoms. The van der Waals surface area contributed by atoms with Gasteiger partial charge in [0.15, 0.2) is 5.96 Å². The lowest BCUT2D eigenvalue weighted by molar-refractivity contribution is 0.0342. The maximum atomic E-state index is 9.42. The van der Waals surface area contributed by atoms with Crippen molar-refractivity contribution in [2.24, 2.45) is 10.4 Å². The zero-order valence-electron chi connectivity index (χ0n) is 18.1. The molecule has 2 aliphatic heterocycles. The van der Waals surface area contributed by atoms with Crippen molar-refractivity contribution in [1.29, 1.82) is 0 Å². The third kappa shape index (κ3) is 7.96. The van der Waals surface area contributed by atoms with Crippen LogP contribution in [0.1, 0.15) is 30.9 Å². The number of hydrogen-bond donors (Lipinski definition) is 3. The van der Waals surface area contributed by atoms with Gasteiger partial charge in [0.25, 0.3) is 0 Å².